The van der Waals surface area contributed by atoms with Gasteiger partial charge in [0.2, 0.25) is 5.43 Å². The monoisotopic (exact) mass is 447 g/mol. The standard InChI is InChI=1S/C20H21N3O5S2/c1-28-9-8-21-20(25)17-12-22-18-7-6-15(11-16(18)19(17)24)30(26,27)23-13-4-3-5-14(10-13)29-2/h3-7,10-12,23H,8-9H2,1-2H3,(H,21,25)(H,22,24). The Morgan fingerprint density at radius 3 is 2.73 bits per heavy atom. The number of ether oxygens (including phenoxy) is 1. The average molecular weight is 448 g/mol. The molecule has 2 aromatic carbocycles. The number of pyridine rings is 1. The number of carbonyl (C=O) groups is 1. The lowest BCUT2D eigenvalue weighted by Crippen LogP contribution is -2.31. The number of rotatable bonds is 8. The molecule has 1 amide bonds. The molecule has 0 saturated heterocycles. The first-order chi connectivity index (χ1) is 14.4. The van der Waals surface area contributed by atoms with Crippen LogP contribution in [0.25, 0.3) is 10.9 Å². The molecule has 10 heteroatoms. The van der Waals surface area contributed by atoms with Crippen molar-refractivity contribution in [2.75, 3.05) is 31.2 Å². The fourth-order valence-electron chi connectivity index (χ4n) is 2.80. The molecule has 1 heterocycles. The SMILES string of the molecule is COCCNC(=O)c1c[nH]c2ccc(S(=O)(=O)Nc3cccc(SC)c3)cc2c1=O. The number of methoxy groups -OCH3 is 1. The van der Waals surface area contributed by atoms with Crippen LogP contribution in [0.2, 0.25) is 0 Å². The van der Waals surface area contributed by atoms with E-state index in [0.29, 0.717) is 17.8 Å². The Morgan fingerprint density at radius 1 is 1.20 bits per heavy atom. The highest BCUT2D eigenvalue weighted by molar-refractivity contribution is 7.98. The van der Waals surface area contributed by atoms with Gasteiger partial charge in [0.05, 0.1) is 11.5 Å². The first-order valence-electron chi connectivity index (χ1n) is 8.95. The number of anilines is 1. The first-order valence-corrected chi connectivity index (χ1v) is 11.7. The summed E-state index contributed by atoms with van der Waals surface area (Å²) in [5.41, 5.74) is 0.188. The number of hydrogen-bond donors (Lipinski definition) is 3. The lowest BCUT2D eigenvalue weighted by atomic mass is 10.1. The Bertz CT molecular complexity index is 1240. The number of fused-ring (bicyclic) bond motifs is 1. The molecule has 0 radical (unpaired) electrons. The van der Waals surface area contributed by atoms with Crippen LogP contribution in [0.15, 0.2) is 63.2 Å². The third kappa shape index (κ3) is 4.84. The van der Waals surface area contributed by atoms with E-state index in [9.17, 15) is 18.0 Å². The molecule has 30 heavy (non-hydrogen) atoms. The first kappa shape index (κ1) is 21.9. The van der Waals surface area contributed by atoms with Crippen LogP contribution >= 0.6 is 11.8 Å². The summed E-state index contributed by atoms with van der Waals surface area (Å²) in [5.74, 6) is -0.560. The predicted molar refractivity (Wildman–Crippen MR) is 118 cm³/mol. The number of H-pyrrole nitrogens is 1. The second-order valence-corrected chi connectivity index (χ2v) is 8.89. The van der Waals surface area contributed by atoms with Gasteiger partial charge in [-0.25, -0.2) is 8.42 Å². The van der Waals surface area contributed by atoms with Gasteiger partial charge in [-0.2, -0.15) is 0 Å². The molecule has 0 aliphatic rings. The van der Waals surface area contributed by atoms with Crippen molar-refractivity contribution in [1.82, 2.24) is 10.3 Å². The topological polar surface area (TPSA) is 117 Å². The second kappa shape index (κ2) is 9.33. The normalized spacial score (nSPS) is 11.4. The summed E-state index contributed by atoms with van der Waals surface area (Å²) in [6.07, 6.45) is 3.21. The highest BCUT2D eigenvalue weighted by Crippen LogP contribution is 2.23. The van der Waals surface area contributed by atoms with E-state index in [1.54, 1.807) is 18.2 Å². The number of thioether (sulfide) groups is 1. The van der Waals surface area contributed by atoms with Crippen molar-refractivity contribution in [3.63, 3.8) is 0 Å². The summed E-state index contributed by atoms with van der Waals surface area (Å²) in [6, 6.07) is 11.2. The van der Waals surface area contributed by atoms with E-state index in [2.05, 4.69) is 15.0 Å². The Hall–Kier alpha value is -2.82. The van der Waals surface area contributed by atoms with E-state index in [1.165, 1.54) is 43.3 Å². The predicted octanol–water partition coefficient (Wildman–Crippen LogP) is 2.43. The van der Waals surface area contributed by atoms with Crippen molar-refractivity contribution < 1.29 is 17.9 Å². The minimum absolute atomic E-state index is 0.0769. The van der Waals surface area contributed by atoms with Crippen molar-refractivity contribution in [1.29, 1.82) is 0 Å². The fourth-order valence-corrected chi connectivity index (χ4v) is 4.33. The number of carbonyl (C=O) groups excluding carboxylic acids is 1. The van der Waals surface area contributed by atoms with Gasteiger partial charge in [0, 0.05) is 41.3 Å². The Balaban J connectivity index is 1.95. The van der Waals surface area contributed by atoms with E-state index in [1.807, 2.05) is 12.3 Å². The fraction of sp³-hybridized carbons (Fsp3) is 0.200. The Kier molecular flexibility index (Phi) is 6.80. The van der Waals surface area contributed by atoms with Crippen LogP contribution in [-0.2, 0) is 14.8 Å². The van der Waals surface area contributed by atoms with Gasteiger partial charge in [-0.15, -0.1) is 11.8 Å². The number of nitrogens with one attached hydrogen (secondary N) is 3. The van der Waals surface area contributed by atoms with Gasteiger partial charge in [-0.05, 0) is 42.7 Å². The number of amides is 1. The zero-order chi connectivity index (χ0) is 21.7. The van der Waals surface area contributed by atoms with E-state index in [-0.39, 0.29) is 22.4 Å². The maximum absolute atomic E-state index is 12.8. The molecule has 0 unspecified atom stereocenters. The van der Waals surface area contributed by atoms with Gasteiger partial charge in [0.1, 0.15) is 5.56 Å². The Labute approximate surface area is 178 Å². The summed E-state index contributed by atoms with van der Waals surface area (Å²) in [4.78, 5) is 28.7. The van der Waals surface area contributed by atoms with Gasteiger partial charge in [0.25, 0.3) is 15.9 Å². The lowest BCUT2D eigenvalue weighted by molar-refractivity contribution is 0.0936. The number of hydrogen-bond acceptors (Lipinski definition) is 6. The molecular formula is C20H21N3O5S2. The molecule has 0 aliphatic carbocycles. The van der Waals surface area contributed by atoms with Gasteiger partial charge in [0.15, 0.2) is 0 Å². The van der Waals surface area contributed by atoms with E-state index < -0.39 is 21.4 Å². The van der Waals surface area contributed by atoms with Crippen LogP contribution in [0.3, 0.4) is 0 Å². The Morgan fingerprint density at radius 2 is 2.00 bits per heavy atom. The van der Waals surface area contributed by atoms with Gasteiger partial charge in [-0.1, -0.05) is 6.07 Å². The van der Waals surface area contributed by atoms with Crippen LogP contribution in [0, 0.1) is 0 Å². The van der Waals surface area contributed by atoms with Gasteiger partial charge >= 0.3 is 0 Å². The highest BCUT2D eigenvalue weighted by atomic mass is 32.2. The number of sulfonamides is 1. The summed E-state index contributed by atoms with van der Waals surface area (Å²) < 4.78 is 33.0. The maximum atomic E-state index is 12.8. The average Bonchev–Trinajstić information content (AvgIpc) is 2.73. The molecule has 3 rings (SSSR count). The summed E-state index contributed by atoms with van der Waals surface area (Å²) in [7, 11) is -2.42. The molecule has 3 aromatic rings. The lowest BCUT2D eigenvalue weighted by Gasteiger charge is -2.10. The summed E-state index contributed by atoms with van der Waals surface area (Å²) in [5, 5.41) is 2.68. The van der Waals surface area contributed by atoms with Gasteiger partial charge in [-0.3, -0.25) is 14.3 Å². The van der Waals surface area contributed by atoms with Crippen LogP contribution in [0.4, 0.5) is 5.69 Å². The summed E-state index contributed by atoms with van der Waals surface area (Å²) >= 11 is 1.49. The zero-order valence-electron chi connectivity index (χ0n) is 16.4. The molecule has 0 fully saturated rings. The molecule has 0 bridgehead atoms. The van der Waals surface area contributed by atoms with Crippen molar-refractivity contribution in [2.24, 2.45) is 0 Å². The van der Waals surface area contributed by atoms with Crippen LogP contribution in [0.5, 0.6) is 0 Å². The maximum Gasteiger partial charge on any atom is 0.261 e. The molecule has 3 N–H and O–H groups in total. The quantitative estimate of drug-likeness (QED) is 0.361. The molecule has 0 aliphatic heterocycles. The van der Waals surface area contributed by atoms with Crippen molar-refractivity contribution in [2.45, 2.75) is 9.79 Å². The van der Waals surface area contributed by atoms with Crippen LogP contribution in [0.1, 0.15) is 10.4 Å². The highest BCUT2D eigenvalue weighted by Gasteiger charge is 2.18. The smallest absolute Gasteiger partial charge is 0.261 e. The van der Waals surface area contributed by atoms with Crippen LogP contribution < -0.4 is 15.5 Å². The van der Waals surface area contributed by atoms with Crippen molar-refractivity contribution in [3.05, 3.63) is 64.4 Å². The largest absolute Gasteiger partial charge is 0.383 e. The molecule has 0 saturated carbocycles. The minimum atomic E-state index is -3.93. The van der Waals surface area contributed by atoms with Crippen molar-refractivity contribution >= 4 is 44.3 Å². The number of aromatic amines is 1. The van der Waals surface area contributed by atoms with E-state index in [4.69, 9.17) is 4.74 Å². The third-order valence-electron chi connectivity index (χ3n) is 4.32. The van der Waals surface area contributed by atoms with Crippen molar-refractivity contribution in [3.8, 4) is 0 Å². The molecule has 158 valence electrons. The minimum Gasteiger partial charge on any atom is -0.383 e. The molecular weight excluding hydrogens is 426 g/mol. The van der Waals surface area contributed by atoms with Crippen LogP contribution in [-0.4, -0.2) is 45.8 Å². The number of benzene rings is 2. The zero-order valence-corrected chi connectivity index (χ0v) is 18.0. The number of aromatic nitrogens is 1. The molecule has 0 atom stereocenters. The second-order valence-electron chi connectivity index (χ2n) is 6.33. The molecule has 0 spiro atoms. The van der Waals surface area contributed by atoms with Gasteiger partial charge < -0.3 is 15.0 Å². The molecule has 1 aromatic heterocycles. The summed E-state index contributed by atoms with van der Waals surface area (Å²) in [6.45, 7) is 0.559. The van der Waals surface area contributed by atoms with E-state index >= 15 is 0 Å². The van der Waals surface area contributed by atoms with E-state index in [0.717, 1.165) is 4.90 Å². The third-order valence-corrected chi connectivity index (χ3v) is 6.43. The molecule has 8 nitrogen and oxygen atoms in total.